The van der Waals surface area contributed by atoms with Gasteiger partial charge in [0, 0.05) is 13.1 Å². The molecule has 0 saturated carbocycles. The van der Waals surface area contributed by atoms with Crippen molar-refractivity contribution in [2.24, 2.45) is 0 Å². The Hall–Kier alpha value is -0.250. The molecule has 0 saturated heterocycles. The standard InChI is InChI=1S/C5H13NO2.CH4O4S/c1-6(2-4-7)3-5-8;1-5-6(2,3)4/h7-8H,2-5H2,1H3;1H3,(H,2,3,4). The Labute approximate surface area is 83.9 Å². The number of hydrogen-bond donors (Lipinski definition) is 3. The maximum atomic E-state index is 9.33. The quantitative estimate of drug-likeness (QED) is 0.486. The Morgan fingerprint density at radius 3 is 1.64 bits per heavy atom. The van der Waals surface area contributed by atoms with Gasteiger partial charge < -0.3 is 15.1 Å². The molecule has 0 unspecified atom stereocenters. The molecular formula is C6H17NO6S. The van der Waals surface area contributed by atoms with E-state index in [9.17, 15) is 8.42 Å². The summed E-state index contributed by atoms with van der Waals surface area (Å²) >= 11 is 0. The lowest BCUT2D eigenvalue weighted by molar-refractivity contribution is 0.184. The fraction of sp³-hybridized carbons (Fsp3) is 1.00. The molecule has 88 valence electrons. The van der Waals surface area contributed by atoms with E-state index < -0.39 is 10.4 Å². The van der Waals surface area contributed by atoms with Crippen LogP contribution < -0.4 is 0 Å². The molecule has 0 heterocycles. The number of aliphatic hydroxyl groups is 2. The molecule has 0 rings (SSSR count). The second-order valence-electron chi connectivity index (χ2n) is 2.34. The van der Waals surface area contributed by atoms with Crippen LogP contribution in [0.1, 0.15) is 0 Å². The average Bonchev–Trinajstić information content (AvgIpc) is 2.05. The molecule has 0 aliphatic rings. The van der Waals surface area contributed by atoms with Gasteiger partial charge in [-0.2, -0.15) is 8.42 Å². The summed E-state index contributed by atoms with van der Waals surface area (Å²) in [5.74, 6) is 0. The lowest BCUT2D eigenvalue weighted by Crippen LogP contribution is -2.25. The molecule has 0 amide bonds. The van der Waals surface area contributed by atoms with Crippen molar-refractivity contribution in [3.63, 3.8) is 0 Å². The molecule has 7 nitrogen and oxygen atoms in total. The Balaban J connectivity index is 0. The van der Waals surface area contributed by atoms with Crippen molar-refractivity contribution < 1.29 is 27.4 Å². The van der Waals surface area contributed by atoms with Crippen LogP contribution in [0.25, 0.3) is 0 Å². The molecule has 0 aliphatic carbocycles. The Morgan fingerprint density at radius 1 is 1.21 bits per heavy atom. The topological polar surface area (TPSA) is 107 Å². The van der Waals surface area contributed by atoms with Gasteiger partial charge in [-0.05, 0) is 7.05 Å². The third-order valence-electron chi connectivity index (χ3n) is 1.17. The summed E-state index contributed by atoms with van der Waals surface area (Å²) in [7, 11) is -1.44. The predicted octanol–water partition coefficient (Wildman–Crippen LogP) is -1.66. The van der Waals surface area contributed by atoms with Crippen LogP contribution in [0.4, 0.5) is 0 Å². The maximum absolute atomic E-state index is 9.33. The van der Waals surface area contributed by atoms with Crippen molar-refractivity contribution in [2.45, 2.75) is 0 Å². The monoisotopic (exact) mass is 231 g/mol. The molecule has 0 aromatic rings. The second kappa shape index (κ2) is 9.31. The van der Waals surface area contributed by atoms with Crippen LogP contribution in [0.15, 0.2) is 0 Å². The van der Waals surface area contributed by atoms with E-state index in [-0.39, 0.29) is 13.2 Å². The SMILES string of the molecule is CN(CCO)CCO.COS(=O)(=O)O. The predicted molar refractivity (Wildman–Crippen MR) is 50.2 cm³/mol. The first-order chi connectivity index (χ1) is 6.37. The van der Waals surface area contributed by atoms with E-state index in [0.717, 1.165) is 7.11 Å². The minimum absolute atomic E-state index is 0.163. The molecule has 0 aliphatic heterocycles. The van der Waals surface area contributed by atoms with Gasteiger partial charge >= 0.3 is 10.4 Å². The maximum Gasteiger partial charge on any atom is 0.397 e. The number of likely N-dealkylation sites (N-methyl/N-ethyl adjacent to an activating group) is 1. The lowest BCUT2D eigenvalue weighted by atomic mass is 10.5. The highest BCUT2D eigenvalue weighted by Gasteiger charge is 1.94. The summed E-state index contributed by atoms with van der Waals surface area (Å²) in [6, 6.07) is 0. The Bertz CT molecular complexity index is 198. The molecule has 0 aromatic carbocycles. The molecule has 0 spiro atoms. The summed E-state index contributed by atoms with van der Waals surface area (Å²) in [5.41, 5.74) is 0. The van der Waals surface area contributed by atoms with Crippen molar-refractivity contribution in [1.29, 1.82) is 0 Å². The number of aliphatic hydroxyl groups excluding tert-OH is 2. The number of nitrogens with zero attached hydrogens (tertiary/aromatic N) is 1. The van der Waals surface area contributed by atoms with Crippen LogP contribution >= 0.6 is 0 Å². The molecule has 0 atom stereocenters. The smallest absolute Gasteiger partial charge is 0.395 e. The largest absolute Gasteiger partial charge is 0.397 e. The third-order valence-corrected chi connectivity index (χ3v) is 1.60. The summed E-state index contributed by atoms with van der Waals surface area (Å²) in [5, 5.41) is 16.7. The number of rotatable bonds is 5. The zero-order valence-electron chi connectivity index (χ0n) is 8.25. The molecule has 8 heteroatoms. The van der Waals surface area contributed by atoms with Crippen molar-refractivity contribution >= 4 is 10.4 Å². The van der Waals surface area contributed by atoms with E-state index in [1.807, 2.05) is 11.9 Å². The zero-order valence-corrected chi connectivity index (χ0v) is 9.07. The minimum atomic E-state index is -4.16. The molecular weight excluding hydrogens is 214 g/mol. The average molecular weight is 231 g/mol. The molecule has 0 aromatic heterocycles. The van der Waals surface area contributed by atoms with Gasteiger partial charge in [0.2, 0.25) is 0 Å². The minimum Gasteiger partial charge on any atom is -0.395 e. The molecule has 0 radical (unpaired) electrons. The summed E-state index contributed by atoms with van der Waals surface area (Å²) in [6.45, 7) is 1.61. The Kier molecular flexibility index (Phi) is 10.8. The van der Waals surface area contributed by atoms with Crippen molar-refractivity contribution in [3.05, 3.63) is 0 Å². The molecule has 0 fully saturated rings. The zero-order chi connectivity index (χ0) is 11.6. The highest BCUT2D eigenvalue weighted by molar-refractivity contribution is 7.80. The van der Waals surface area contributed by atoms with Gasteiger partial charge in [0.1, 0.15) is 0 Å². The molecule has 0 bridgehead atoms. The van der Waals surface area contributed by atoms with E-state index in [0.29, 0.717) is 13.1 Å². The molecule has 14 heavy (non-hydrogen) atoms. The van der Waals surface area contributed by atoms with Crippen LogP contribution in [-0.4, -0.2) is 68.5 Å². The summed E-state index contributed by atoms with van der Waals surface area (Å²) in [6.07, 6.45) is 0. The van der Waals surface area contributed by atoms with Gasteiger partial charge in [0.05, 0.1) is 20.3 Å². The van der Waals surface area contributed by atoms with Gasteiger partial charge in [-0.1, -0.05) is 0 Å². The van der Waals surface area contributed by atoms with Crippen LogP contribution in [0.3, 0.4) is 0 Å². The highest BCUT2D eigenvalue weighted by atomic mass is 32.3. The third kappa shape index (κ3) is 17.7. The second-order valence-corrected chi connectivity index (χ2v) is 3.53. The summed E-state index contributed by atoms with van der Waals surface area (Å²) in [4.78, 5) is 1.86. The fourth-order valence-corrected chi connectivity index (χ4v) is 0.453. The Morgan fingerprint density at radius 2 is 1.50 bits per heavy atom. The van der Waals surface area contributed by atoms with Crippen molar-refractivity contribution in [3.8, 4) is 0 Å². The van der Waals surface area contributed by atoms with Gasteiger partial charge in [-0.25, -0.2) is 0 Å². The summed E-state index contributed by atoms with van der Waals surface area (Å²) < 4.78 is 29.7. The van der Waals surface area contributed by atoms with E-state index in [1.54, 1.807) is 0 Å². The lowest BCUT2D eigenvalue weighted by Gasteiger charge is -2.11. The van der Waals surface area contributed by atoms with Crippen molar-refractivity contribution in [1.82, 2.24) is 4.90 Å². The van der Waals surface area contributed by atoms with E-state index in [2.05, 4.69) is 4.18 Å². The van der Waals surface area contributed by atoms with Gasteiger partial charge in [-0.3, -0.25) is 8.74 Å². The van der Waals surface area contributed by atoms with E-state index >= 15 is 0 Å². The first kappa shape index (κ1) is 16.2. The van der Waals surface area contributed by atoms with Crippen LogP contribution in [0.5, 0.6) is 0 Å². The van der Waals surface area contributed by atoms with E-state index in [4.69, 9.17) is 14.8 Å². The highest BCUT2D eigenvalue weighted by Crippen LogP contribution is 1.76. The van der Waals surface area contributed by atoms with E-state index in [1.165, 1.54) is 0 Å². The van der Waals surface area contributed by atoms with Crippen LogP contribution in [-0.2, 0) is 14.6 Å². The molecule has 3 N–H and O–H groups in total. The first-order valence-electron chi connectivity index (χ1n) is 3.80. The van der Waals surface area contributed by atoms with Gasteiger partial charge in [0.15, 0.2) is 0 Å². The number of hydrogen-bond acceptors (Lipinski definition) is 6. The van der Waals surface area contributed by atoms with Crippen LogP contribution in [0.2, 0.25) is 0 Å². The van der Waals surface area contributed by atoms with Gasteiger partial charge in [0.25, 0.3) is 0 Å². The normalized spacial score (nSPS) is 11.0. The van der Waals surface area contributed by atoms with Crippen molar-refractivity contribution in [2.75, 3.05) is 40.5 Å². The fourth-order valence-electron chi connectivity index (χ4n) is 0.453. The first-order valence-corrected chi connectivity index (χ1v) is 5.17. The van der Waals surface area contributed by atoms with Gasteiger partial charge in [-0.15, -0.1) is 0 Å². The van der Waals surface area contributed by atoms with Crippen LogP contribution in [0, 0.1) is 0 Å².